The quantitative estimate of drug-likeness (QED) is 0.689. The van der Waals surface area contributed by atoms with Crippen LogP contribution in [0.5, 0.6) is 0 Å². The Kier molecular flexibility index (Phi) is 4.59. The second-order valence-electron chi connectivity index (χ2n) is 5.83. The summed E-state index contributed by atoms with van der Waals surface area (Å²) >= 11 is 0. The van der Waals surface area contributed by atoms with Crippen molar-refractivity contribution in [1.29, 1.82) is 0 Å². The molecule has 0 bridgehead atoms. The summed E-state index contributed by atoms with van der Waals surface area (Å²) in [7, 11) is 2.02. The number of aromatic amines is 1. The van der Waals surface area contributed by atoms with E-state index < -0.39 is 0 Å². The topological polar surface area (TPSA) is 27.8 Å². The van der Waals surface area contributed by atoms with E-state index in [0.29, 0.717) is 5.92 Å². The van der Waals surface area contributed by atoms with E-state index in [0.717, 1.165) is 19.4 Å². The standard InChI is InChI=1S/C20H24N2/c1-3-15-13-17(14-20-19(15)10-12-22-20)18(9-11-21-2)16-7-5-4-6-8-16/h4-8,10,12-14,18,21-22H,3,9,11H2,1-2H3. The van der Waals surface area contributed by atoms with Gasteiger partial charge in [-0.05, 0) is 55.3 Å². The first-order chi connectivity index (χ1) is 10.8. The molecule has 22 heavy (non-hydrogen) atoms. The molecule has 114 valence electrons. The van der Waals surface area contributed by atoms with Gasteiger partial charge in [-0.2, -0.15) is 0 Å². The zero-order valence-corrected chi connectivity index (χ0v) is 13.4. The van der Waals surface area contributed by atoms with Gasteiger partial charge >= 0.3 is 0 Å². The van der Waals surface area contributed by atoms with Crippen LogP contribution in [-0.2, 0) is 6.42 Å². The van der Waals surface area contributed by atoms with Gasteiger partial charge in [-0.1, -0.05) is 43.3 Å². The molecule has 0 spiro atoms. The number of rotatable bonds is 6. The van der Waals surface area contributed by atoms with Crippen LogP contribution in [-0.4, -0.2) is 18.6 Å². The highest BCUT2D eigenvalue weighted by Gasteiger charge is 2.15. The number of aromatic nitrogens is 1. The van der Waals surface area contributed by atoms with Gasteiger partial charge in [0.05, 0.1) is 0 Å². The maximum Gasteiger partial charge on any atom is 0.0459 e. The molecule has 0 saturated heterocycles. The molecular formula is C20H24N2. The van der Waals surface area contributed by atoms with E-state index in [-0.39, 0.29) is 0 Å². The third-order valence-corrected chi connectivity index (χ3v) is 4.45. The van der Waals surface area contributed by atoms with Crippen LogP contribution in [0.4, 0.5) is 0 Å². The number of nitrogens with one attached hydrogen (secondary N) is 2. The van der Waals surface area contributed by atoms with Crippen molar-refractivity contribution in [2.24, 2.45) is 0 Å². The predicted molar refractivity (Wildman–Crippen MR) is 94.5 cm³/mol. The van der Waals surface area contributed by atoms with Gasteiger partial charge in [0.2, 0.25) is 0 Å². The molecular weight excluding hydrogens is 268 g/mol. The second-order valence-corrected chi connectivity index (χ2v) is 5.83. The highest BCUT2D eigenvalue weighted by atomic mass is 14.8. The molecule has 1 aromatic heterocycles. The van der Waals surface area contributed by atoms with Crippen molar-refractivity contribution in [1.82, 2.24) is 10.3 Å². The largest absolute Gasteiger partial charge is 0.361 e. The Balaban J connectivity index is 2.07. The molecule has 0 saturated carbocycles. The van der Waals surface area contributed by atoms with Crippen LogP contribution in [0.25, 0.3) is 10.9 Å². The van der Waals surface area contributed by atoms with E-state index in [9.17, 15) is 0 Å². The van der Waals surface area contributed by atoms with Gasteiger partial charge in [-0.15, -0.1) is 0 Å². The van der Waals surface area contributed by atoms with E-state index >= 15 is 0 Å². The number of benzene rings is 2. The molecule has 1 unspecified atom stereocenters. The molecule has 0 radical (unpaired) electrons. The van der Waals surface area contributed by atoms with Gasteiger partial charge in [0.1, 0.15) is 0 Å². The molecule has 1 atom stereocenters. The summed E-state index contributed by atoms with van der Waals surface area (Å²) in [4.78, 5) is 3.38. The summed E-state index contributed by atoms with van der Waals surface area (Å²) in [6.07, 6.45) is 4.21. The molecule has 2 heteroatoms. The zero-order chi connectivity index (χ0) is 15.4. The Labute approximate surface area is 132 Å². The van der Waals surface area contributed by atoms with Crippen LogP contribution in [0.2, 0.25) is 0 Å². The van der Waals surface area contributed by atoms with Gasteiger partial charge in [-0.3, -0.25) is 0 Å². The first kappa shape index (κ1) is 14.9. The van der Waals surface area contributed by atoms with Crippen molar-refractivity contribution in [3.8, 4) is 0 Å². The van der Waals surface area contributed by atoms with E-state index in [1.807, 2.05) is 13.2 Å². The summed E-state index contributed by atoms with van der Waals surface area (Å²) in [6.45, 7) is 3.25. The first-order valence-electron chi connectivity index (χ1n) is 8.13. The molecule has 1 heterocycles. The smallest absolute Gasteiger partial charge is 0.0459 e. The molecule has 2 nitrogen and oxygen atoms in total. The van der Waals surface area contributed by atoms with Crippen LogP contribution in [0.15, 0.2) is 54.7 Å². The maximum absolute atomic E-state index is 3.38. The lowest BCUT2D eigenvalue weighted by atomic mass is 9.86. The second kappa shape index (κ2) is 6.80. The fraction of sp³-hybridized carbons (Fsp3) is 0.300. The average molecular weight is 292 g/mol. The minimum atomic E-state index is 0.437. The Morgan fingerprint density at radius 3 is 2.59 bits per heavy atom. The summed E-state index contributed by atoms with van der Waals surface area (Å²) < 4.78 is 0. The first-order valence-corrected chi connectivity index (χ1v) is 8.13. The molecule has 2 N–H and O–H groups in total. The van der Waals surface area contributed by atoms with E-state index in [2.05, 4.69) is 65.8 Å². The zero-order valence-electron chi connectivity index (χ0n) is 13.4. The number of aryl methyl sites for hydroxylation is 1. The third kappa shape index (κ3) is 2.93. The molecule has 3 aromatic rings. The molecule has 3 rings (SSSR count). The van der Waals surface area contributed by atoms with Gasteiger partial charge < -0.3 is 10.3 Å². The SMILES string of the molecule is CCc1cc(C(CCNC)c2ccccc2)cc2[nH]ccc12. The Hall–Kier alpha value is -2.06. The van der Waals surface area contributed by atoms with Crippen LogP contribution >= 0.6 is 0 Å². The van der Waals surface area contributed by atoms with Gasteiger partial charge in [-0.25, -0.2) is 0 Å². The molecule has 0 fully saturated rings. The van der Waals surface area contributed by atoms with Crippen molar-refractivity contribution >= 4 is 10.9 Å². The van der Waals surface area contributed by atoms with Gasteiger partial charge in [0.25, 0.3) is 0 Å². The summed E-state index contributed by atoms with van der Waals surface area (Å²) in [6, 6.07) is 17.7. The number of fused-ring (bicyclic) bond motifs is 1. The normalized spacial score (nSPS) is 12.6. The molecule has 2 aromatic carbocycles. The summed E-state index contributed by atoms with van der Waals surface area (Å²) in [5.74, 6) is 0.437. The number of hydrogen-bond donors (Lipinski definition) is 2. The van der Waals surface area contributed by atoms with Crippen molar-refractivity contribution in [3.05, 3.63) is 71.4 Å². The van der Waals surface area contributed by atoms with Crippen molar-refractivity contribution in [3.63, 3.8) is 0 Å². The predicted octanol–water partition coefficient (Wildman–Crippen LogP) is 4.47. The van der Waals surface area contributed by atoms with Gasteiger partial charge in [0.15, 0.2) is 0 Å². The minimum Gasteiger partial charge on any atom is -0.361 e. The maximum atomic E-state index is 3.38. The lowest BCUT2D eigenvalue weighted by Gasteiger charge is -2.19. The number of hydrogen-bond acceptors (Lipinski definition) is 1. The molecule has 0 aliphatic heterocycles. The molecule has 0 aliphatic rings. The molecule has 0 amide bonds. The van der Waals surface area contributed by atoms with Crippen LogP contribution in [0.1, 0.15) is 36.0 Å². The average Bonchev–Trinajstić information content (AvgIpc) is 3.04. The van der Waals surface area contributed by atoms with Crippen LogP contribution < -0.4 is 5.32 Å². The Morgan fingerprint density at radius 2 is 1.86 bits per heavy atom. The number of H-pyrrole nitrogens is 1. The lowest BCUT2D eigenvalue weighted by molar-refractivity contribution is 0.661. The third-order valence-electron chi connectivity index (χ3n) is 4.45. The summed E-state index contributed by atoms with van der Waals surface area (Å²) in [5, 5.41) is 4.64. The van der Waals surface area contributed by atoms with E-state index in [4.69, 9.17) is 0 Å². The molecule has 0 aliphatic carbocycles. The van der Waals surface area contributed by atoms with E-state index in [1.54, 1.807) is 0 Å². The Morgan fingerprint density at radius 1 is 1.05 bits per heavy atom. The van der Waals surface area contributed by atoms with Crippen molar-refractivity contribution in [2.75, 3.05) is 13.6 Å². The van der Waals surface area contributed by atoms with Crippen LogP contribution in [0.3, 0.4) is 0 Å². The summed E-state index contributed by atoms with van der Waals surface area (Å²) in [5.41, 5.74) is 5.48. The van der Waals surface area contributed by atoms with Crippen molar-refractivity contribution < 1.29 is 0 Å². The lowest BCUT2D eigenvalue weighted by Crippen LogP contribution is -2.13. The minimum absolute atomic E-state index is 0.437. The highest BCUT2D eigenvalue weighted by Crippen LogP contribution is 2.31. The van der Waals surface area contributed by atoms with Crippen LogP contribution in [0, 0.1) is 0 Å². The highest BCUT2D eigenvalue weighted by molar-refractivity contribution is 5.84. The van der Waals surface area contributed by atoms with E-state index in [1.165, 1.54) is 27.6 Å². The van der Waals surface area contributed by atoms with Crippen molar-refractivity contribution in [2.45, 2.75) is 25.7 Å². The van der Waals surface area contributed by atoms with Gasteiger partial charge in [0, 0.05) is 23.0 Å². The fourth-order valence-electron chi connectivity index (χ4n) is 3.26. The Bertz CT molecular complexity index is 728. The fourth-order valence-corrected chi connectivity index (χ4v) is 3.26. The monoisotopic (exact) mass is 292 g/mol.